The van der Waals surface area contributed by atoms with Crippen LogP contribution in [0.25, 0.3) is 0 Å². The van der Waals surface area contributed by atoms with Crippen LogP contribution in [0.5, 0.6) is 0 Å². The van der Waals surface area contributed by atoms with Crippen molar-refractivity contribution in [3.8, 4) is 0 Å². The van der Waals surface area contributed by atoms with Gasteiger partial charge in [0.25, 0.3) is 0 Å². The second-order valence-electron chi connectivity index (χ2n) is 2.78. The third-order valence-corrected chi connectivity index (χ3v) is 2.16. The molecule has 11 heavy (non-hydrogen) atoms. The Kier molecular flexibility index (Phi) is 1.73. The molecular formula is C10H13N. The lowest BCUT2D eigenvalue weighted by Gasteiger charge is -2.11. The highest BCUT2D eigenvalue weighted by Crippen LogP contribution is 2.50. The molecule has 0 saturated carbocycles. The van der Waals surface area contributed by atoms with Crippen LogP contribution in [0.4, 0.5) is 0 Å². The Morgan fingerprint density at radius 2 is 2.27 bits per heavy atom. The fourth-order valence-electron chi connectivity index (χ4n) is 1.26. The fraction of sp³-hybridized carbons (Fsp3) is 0.200. The number of rotatable bonds is 3. The number of hydrogen-bond donors (Lipinski definition) is 1. The fourth-order valence-corrected chi connectivity index (χ4v) is 1.26. The van der Waals surface area contributed by atoms with E-state index in [4.69, 9.17) is 5.73 Å². The monoisotopic (exact) mass is 147 g/mol. The van der Waals surface area contributed by atoms with Gasteiger partial charge in [-0.05, 0) is 24.8 Å². The summed E-state index contributed by atoms with van der Waals surface area (Å²) in [6.45, 7) is 9.74. The molecule has 1 aliphatic carbocycles. The van der Waals surface area contributed by atoms with Crippen LogP contribution in [0.3, 0.4) is 0 Å². The Hall–Kier alpha value is -1.24. The molecule has 0 amide bonds. The van der Waals surface area contributed by atoms with Crippen LogP contribution in [-0.2, 0) is 0 Å². The molecule has 0 aromatic heterocycles. The van der Waals surface area contributed by atoms with Crippen LogP contribution in [0.15, 0.2) is 48.7 Å². The maximum Gasteiger partial charge on any atom is 0.0515 e. The van der Waals surface area contributed by atoms with Crippen molar-refractivity contribution in [2.75, 3.05) is 0 Å². The van der Waals surface area contributed by atoms with E-state index in [0.717, 1.165) is 5.57 Å². The van der Waals surface area contributed by atoms with E-state index in [1.165, 1.54) is 11.8 Å². The second kappa shape index (κ2) is 2.42. The van der Waals surface area contributed by atoms with Crippen LogP contribution in [0, 0.1) is 5.41 Å². The molecule has 0 bridgehead atoms. The molecule has 0 aromatic carbocycles. The highest BCUT2D eigenvalue weighted by molar-refractivity contribution is 5.55. The summed E-state index contributed by atoms with van der Waals surface area (Å²) in [5, 5.41) is 0. The molecule has 1 heteroatoms. The van der Waals surface area contributed by atoms with Gasteiger partial charge in [-0.15, -0.1) is 6.58 Å². The van der Waals surface area contributed by atoms with Crippen molar-refractivity contribution in [1.29, 1.82) is 0 Å². The third-order valence-electron chi connectivity index (χ3n) is 2.16. The van der Waals surface area contributed by atoms with Crippen molar-refractivity contribution in [3.05, 3.63) is 48.7 Å². The summed E-state index contributed by atoms with van der Waals surface area (Å²) in [6, 6.07) is 0. The number of allylic oxidation sites excluding steroid dienone is 5. The SMILES string of the molecule is C=CC1(C(=C)/C=C/N)C=C1C. The van der Waals surface area contributed by atoms with Gasteiger partial charge in [-0.3, -0.25) is 0 Å². The molecule has 1 rings (SSSR count). The zero-order chi connectivity index (χ0) is 8.48. The van der Waals surface area contributed by atoms with E-state index >= 15 is 0 Å². The van der Waals surface area contributed by atoms with Crippen LogP contribution < -0.4 is 5.73 Å². The predicted molar refractivity (Wildman–Crippen MR) is 48.9 cm³/mol. The lowest BCUT2D eigenvalue weighted by Crippen LogP contribution is -2.01. The summed E-state index contributed by atoms with van der Waals surface area (Å²) < 4.78 is 0. The van der Waals surface area contributed by atoms with Gasteiger partial charge in [-0.1, -0.05) is 24.3 Å². The van der Waals surface area contributed by atoms with Crippen LogP contribution in [-0.4, -0.2) is 0 Å². The Morgan fingerprint density at radius 3 is 2.55 bits per heavy atom. The normalized spacial score (nSPS) is 28.3. The van der Waals surface area contributed by atoms with Crippen LogP contribution in [0.1, 0.15) is 6.92 Å². The molecular weight excluding hydrogens is 134 g/mol. The predicted octanol–water partition coefficient (Wildman–Crippen LogP) is 2.15. The zero-order valence-corrected chi connectivity index (χ0v) is 6.80. The van der Waals surface area contributed by atoms with E-state index in [2.05, 4.69) is 26.2 Å². The van der Waals surface area contributed by atoms with Crippen molar-refractivity contribution in [2.45, 2.75) is 6.92 Å². The Bertz CT molecular complexity index is 258. The molecule has 0 saturated heterocycles. The van der Waals surface area contributed by atoms with E-state index in [1.807, 2.05) is 12.2 Å². The van der Waals surface area contributed by atoms with E-state index in [9.17, 15) is 0 Å². The maximum absolute atomic E-state index is 5.26. The topological polar surface area (TPSA) is 26.0 Å². The molecule has 0 radical (unpaired) electrons. The molecule has 0 fully saturated rings. The van der Waals surface area contributed by atoms with E-state index < -0.39 is 0 Å². The standard InChI is InChI=1S/C10H13N/c1-4-10(7-9(10)3)8(2)5-6-11/h4-7H,1-2,11H2,3H3/b6-5+. The first-order valence-corrected chi connectivity index (χ1v) is 3.58. The van der Waals surface area contributed by atoms with Gasteiger partial charge in [-0.25, -0.2) is 0 Å². The second-order valence-corrected chi connectivity index (χ2v) is 2.78. The number of hydrogen-bond acceptors (Lipinski definition) is 1. The Balaban J connectivity index is 2.75. The Labute approximate surface area is 67.6 Å². The molecule has 1 aliphatic rings. The minimum absolute atomic E-state index is 0.0458. The molecule has 0 aliphatic heterocycles. The molecule has 0 aromatic rings. The van der Waals surface area contributed by atoms with Crippen LogP contribution in [0.2, 0.25) is 0 Å². The van der Waals surface area contributed by atoms with E-state index in [-0.39, 0.29) is 5.41 Å². The minimum atomic E-state index is -0.0458. The summed E-state index contributed by atoms with van der Waals surface area (Å²) in [5.74, 6) is 0. The molecule has 1 nitrogen and oxygen atoms in total. The summed E-state index contributed by atoms with van der Waals surface area (Å²) >= 11 is 0. The average molecular weight is 147 g/mol. The van der Waals surface area contributed by atoms with Gasteiger partial charge < -0.3 is 5.73 Å². The average Bonchev–Trinajstić information content (AvgIpc) is 2.63. The number of nitrogens with two attached hydrogens (primary N) is 1. The highest BCUT2D eigenvalue weighted by atomic mass is 14.5. The zero-order valence-electron chi connectivity index (χ0n) is 6.80. The minimum Gasteiger partial charge on any atom is -0.405 e. The lowest BCUT2D eigenvalue weighted by molar-refractivity contribution is 0.868. The molecule has 0 spiro atoms. The maximum atomic E-state index is 5.26. The van der Waals surface area contributed by atoms with E-state index in [0.29, 0.717) is 0 Å². The first-order chi connectivity index (χ1) is 5.17. The third kappa shape index (κ3) is 1.03. The summed E-state index contributed by atoms with van der Waals surface area (Å²) in [4.78, 5) is 0. The summed E-state index contributed by atoms with van der Waals surface area (Å²) in [6.07, 6.45) is 7.34. The molecule has 58 valence electrons. The molecule has 0 heterocycles. The molecule has 1 unspecified atom stereocenters. The van der Waals surface area contributed by atoms with Gasteiger partial charge in [0.15, 0.2) is 0 Å². The van der Waals surface area contributed by atoms with Crippen LogP contribution >= 0.6 is 0 Å². The summed E-state index contributed by atoms with van der Waals surface area (Å²) in [5.41, 5.74) is 7.50. The smallest absolute Gasteiger partial charge is 0.0515 e. The molecule has 1 atom stereocenters. The van der Waals surface area contributed by atoms with Crippen molar-refractivity contribution < 1.29 is 0 Å². The van der Waals surface area contributed by atoms with Crippen molar-refractivity contribution in [1.82, 2.24) is 0 Å². The van der Waals surface area contributed by atoms with Crippen molar-refractivity contribution >= 4 is 0 Å². The van der Waals surface area contributed by atoms with Crippen molar-refractivity contribution in [2.24, 2.45) is 11.1 Å². The van der Waals surface area contributed by atoms with Gasteiger partial charge in [0, 0.05) is 0 Å². The Morgan fingerprint density at radius 1 is 1.73 bits per heavy atom. The van der Waals surface area contributed by atoms with Gasteiger partial charge in [0.2, 0.25) is 0 Å². The van der Waals surface area contributed by atoms with Gasteiger partial charge in [0.1, 0.15) is 0 Å². The first-order valence-electron chi connectivity index (χ1n) is 3.58. The highest BCUT2D eigenvalue weighted by Gasteiger charge is 2.39. The van der Waals surface area contributed by atoms with E-state index in [1.54, 1.807) is 0 Å². The summed E-state index contributed by atoms with van der Waals surface area (Å²) in [7, 11) is 0. The van der Waals surface area contributed by atoms with Gasteiger partial charge >= 0.3 is 0 Å². The largest absolute Gasteiger partial charge is 0.405 e. The van der Waals surface area contributed by atoms with Gasteiger partial charge in [0.05, 0.1) is 5.41 Å². The van der Waals surface area contributed by atoms with Crippen molar-refractivity contribution in [3.63, 3.8) is 0 Å². The molecule has 2 N–H and O–H groups in total. The van der Waals surface area contributed by atoms with Gasteiger partial charge in [-0.2, -0.15) is 0 Å². The lowest BCUT2D eigenvalue weighted by atomic mass is 9.92. The first kappa shape index (κ1) is 7.86. The quantitative estimate of drug-likeness (QED) is 0.480.